The number of carboxylic acid groups (broad SMARTS) is 1. The predicted octanol–water partition coefficient (Wildman–Crippen LogP) is 2.18. The Bertz CT molecular complexity index is 210. The molecule has 0 aliphatic heterocycles. The summed E-state index contributed by atoms with van der Waals surface area (Å²) < 4.78 is 0. The molecule has 0 spiro atoms. The number of hydrogen-bond acceptors (Lipinski definition) is 1. The summed E-state index contributed by atoms with van der Waals surface area (Å²) in [6.07, 6.45) is 4.04. The first-order valence-electron chi connectivity index (χ1n) is 3.65. The van der Waals surface area contributed by atoms with E-state index in [-0.39, 0.29) is 0 Å². The van der Waals surface area contributed by atoms with Gasteiger partial charge in [0.25, 0.3) is 0 Å². The van der Waals surface area contributed by atoms with E-state index in [1.165, 1.54) is 0 Å². The highest BCUT2D eigenvalue weighted by molar-refractivity contribution is 6.35. The van der Waals surface area contributed by atoms with Crippen molar-refractivity contribution in [2.75, 3.05) is 0 Å². The van der Waals surface area contributed by atoms with Crippen molar-refractivity contribution in [3.63, 3.8) is 0 Å². The Morgan fingerprint density at radius 2 is 2.45 bits per heavy atom. The highest BCUT2D eigenvalue weighted by atomic mass is 35.5. The Labute approximate surface area is 70.9 Å². The molecule has 0 amide bonds. The number of alkyl halides is 1. The van der Waals surface area contributed by atoms with Gasteiger partial charge in [-0.05, 0) is 26.2 Å². The molecule has 62 valence electrons. The topological polar surface area (TPSA) is 37.3 Å². The molecule has 0 fully saturated rings. The van der Waals surface area contributed by atoms with E-state index in [9.17, 15) is 4.79 Å². The van der Waals surface area contributed by atoms with Crippen molar-refractivity contribution < 1.29 is 9.90 Å². The molecule has 1 aliphatic carbocycles. The third-order valence-electron chi connectivity index (χ3n) is 1.94. The van der Waals surface area contributed by atoms with Crippen LogP contribution in [0, 0.1) is 0 Å². The smallest absolute Gasteiger partial charge is 0.328 e. The van der Waals surface area contributed by atoms with Crippen LogP contribution in [0.1, 0.15) is 26.2 Å². The van der Waals surface area contributed by atoms with Gasteiger partial charge in [0.05, 0.1) is 0 Å². The monoisotopic (exact) mass is 174 g/mol. The molecule has 1 unspecified atom stereocenters. The molecule has 0 saturated heterocycles. The SMILES string of the molecule is CC1=CC(Cl)(C(=O)O)CCC1. The van der Waals surface area contributed by atoms with E-state index in [1.807, 2.05) is 6.92 Å². The fourth-order valence-electron chi connectivity index (χ4n) is 1.33. The molecule has 1 atom stereocenters. The second-order valence-corrected chi connectivity index (χ2v) is 3.69. The van der Waals surface area contributed by atoms with Gasteiger partial charge in [-0.15, -0.1) is 11.6 Å². The lowest BCUT2D eigenvalue weighted by Gasteiger charge is -2.23. The molecule has 0 radical (unpaired) electrons. The van der Waals surface area contributed by atoms with Gasteiger partial charge in [-0.3, -0.25) is 0 Å². The van der Waals surface area contributed by atoms with Gasteiger partial charge in [-0.2, -0.15) is 0 Å². The van der Waals surface area contributed by atoms with E-state index in [2.05, 4.69) is 0 Å². The first kappa shape index (κ1) is 8.60. The number of rotatable bonds is 1. The molecule has 1 aliphatic rings. The summed E-state index contributed by atoms with van der Waals surface area (Å²) in [5.41, 5.74) is 1.08. The Balaban J connectivity index is 2.86. The van der Waals surface area contributed by atoms with Crippen LogP contribution in [0.2, 0.25) is 0 Å². The maximum atomic E-state index is 10.6. The summed E-state index contributed by atoms with van der Waals surface area (Å²) in [6.45, 7) is 1.92. The molecule has 1 rings (SSSR count). The summed E-state index contributed by atoms with van der Waals surface area (Å²) in [5, 5.41) is 8.74. The summed E-state index contributed by atoms with van der Waals surface area (Å²) >= 11 is 5.83. The standard InChI is InChI=1S/C8H11ClO2/c1-6-3-2-4-8(9,5-6)7(10)11/h5H,2-4H2,1H3,(H,10,11). The van der Waals surface area contributed by atoms with Crippen LogP contribution in [0.4, 0.5) is 0 Å². The zero-order chi connectivity index (χ0) is 8.48. The van der Waals surface area contributed by atoms with Crippen molar-refractivity contribution in [3.05, 3.63) is 11.6 Å². The number of halogens is 1. The number of allylic oxidation sites excluding steroid dienone is 1. The second-order valence-electron chi connectivity index (χ2n) is 3.01. The molecule has 0 aromatic carbocycles. The minimum absolute atomic E-state index is 0.543. The molecule has 0 heterocycles. The van der Waals surface area contributed by atoms with E-state index in [0.717, 1.165) is 18.4 Å². The van der Waals surface area contributed by atoms with Gasteiger partial charge in [0, 0.05) is 0 Å². The molecule has 2 nitrogen and oxygen atoms in total. The van der Waals surface area contributed by atoms with Crippen molar-refractivity contribution in [2.24, 2.45) is 0 Å². The minimum Gasteiger partial charge on any atom is -0.480 e. The molecule has 11 heavy (non-hydrogen) atoms. The van der Waals surface area contributed by atoms with Gasteiger partial charge >= 0.3 is 5.97 Å². The van der Waals surface area contributed by atoms with Gasteiger partial charge in [-0.1, -0.05) is 11.6 Å². The Morgan fingerprint density at radius 1 is 1.82 bits per heavy atom. The first-order valence-corrected chi connectivity index (χ1v) is 4.03. The van der Waals surface area contributed by atoms with Crippen LogP contribution in [0.15, 0.2) is 11.6 Å². The van der Waals surface area contributed by atoms with Gasteiger partial charge < -0.3 is 5.11 Å². The van der Waals surface area contributed by atoms with Crippen LogP contribution in [0.3, 0.4) is 0 Å². The van der Waals surface area contributed by atoms with E-state index in [4.69, 9.17) is 16.7 Å². The second kappa shape index (κ2) is 2.86. The van der Waals surface area contributed by atoms with Gasteiger partial charge in [0.15, 0.2) is 4.87 Å². The lowest BCUT2D eigenvalue weighted by molar-refractivity contribution is -0.139. The summed E-state index contributed by atoms with van der Waals surface area (Å²) in [7, 11) is 0. The van der Waals surface area contributed by atoms with Crippen molar-refractivity contribution in [3.8, 4) is 0 Å². The third kappa shape index (κ3) is 1.74. The number of hydrogen-bond donors (Lipinski definition) is 1. The molecule has 1 N–H and O–H groups in total. The average molecular weight is 175 g/mol. The van der Waals surface area contributed by atoms with Crippen molar-refractivity contribution in [1.29, 1.82) is 0 Å². The average Bonchev–Trinajstić information content (AvgIpc) is 1.86. The maximum Gasteiger partial charge on any atom is 0.328 e. The van der Waals surface area contributed by atoms with Crippen molar-refractivity contribution in [1.82, 2.24) is 0 Å². The highest BCUT2D eigenvalue weighted by Gasteiger charge is 2.35. The number of aliphatic carboxylic acids is 1. The van der Waals surface area contributed by atoms with Crippen LogP contribution < -0.4 is 0 Å². The fraction of sp³-hybridized carbons (Fsp3) is 0.625. The Hall–Kier alpha value is -0.500. The van der Waals surface area contributed by atoms with E-state index >= 15 is 0 Å². The lowest BCUT2D eigenvalue weighted by Crippen LogP contribution is -2.32. The van der Waals surface area contributed by atoms with Crippen LogP contribution in [-0.2, 0) is 4.79 Å². The molecule has 3 heteroatoms. The number of carbonyl (C=O) groups is 1. The molecule has 0 saturated carbocycles. The fourth-order valence-corrected chi connectivity index (χ4v) is 1.65. The third-order valence-corrected chi connectivity index (χ3v) is 2.40. The summed E-state index contributed by atoms with van der Waals surface area (Å²) in [4.78, 5) is 9.52. The van der Waals surface area contributed by atoms with E-state index in [1.54, 1.807) is 6.08 Å². The van der Waals surface area contributed by atoms with Crippen molar-refractivity contribution in [2.45, 2.75) is 31.1 Å². The van der Waals surface area contributed by atoms with E-state index < -0.39 is 10.8 Å². The highest BCUT2D eigenvalue weighted by Crippen LogP contribution is 2.32. The summed E-state index contributed by atoms with van der Waals surface area (Å²) in [6, 6.07) is 0. The van der Waals surface area contributed by atoms with Crippen molar-refractivity contribution >= 4 is 17.6 Å². The summed E-state index contributed by atoms with van der Waals surface area (Å²) in [5.74, 6) is -0.932. The van der Waals surface area contributed by atoms with Crippen LogP contribution in [0.5, 0.6) is 0 Å². The first-order chi connectivity index (χ1) is 5.04. The lowest BCUT2D eigenvalue weighted by atomic mass is 9.91. The van der Waals surface area contributed by atoms with Gasteiger partial charge in [0.2, 0.25) is 0 Å². The van der Waals surface area contributed by atoms with Crippen LogP contribution >= 0.6 is 11.6 Å². The molecule has 0 bridgehead atoms. The molecule has 0 aromatic rings. The van der Waals surface area contributed by atoms with Gasteiger partial charge in [-0.25, -0.2) is 4.79 Å². The van der Waals surface area contributed by atoms with Gasteiger partial charge in [0.1, 0.15) is 0 Å². The Morgan fingerprint density at radius 3 is 2.82 bits per heavy atom. The normalized spacial score (nSPS) is 31.3. The van der Waals surface area contributed by atoms with E-state index in [0.29, 0.717) is 6.42 Å². The minimum atomic E-state index is -1.12. The number of carboxylic acids is 1. The van der Waals surface area contributed by atoms with Crippen LogP contribution in [0.25, 0.3) is 0 Å². The zero-order valence-electron chi connectivity index (χ0n) is 6.43. The Kier molecular flexibility index (Phi) is 2.23. The molecule has 0 aromatic heterocycles. The maximum absolute atomic E-state index is 10.6. The largest absolute Gasteiger partial charge is 0.480 e. The zero-order valence-corrected chi connectivity index (χ0v) is 7.19. The molecular weight excluding hydrogens is 164 g/mol. The quantitative estimate of drug-likeness (QED) is 0.489. The predicted molar refractivity (Wildman–Crippen MR) is 43.8 cm³/mol. The van der Waals surface area contributed by atoms with Crippen LogP contribution in [-0.4, -0.2) is 16.0 Å². The molecular formula is C8H11ClO2.